The number of nitrogens with zero attached hydrogens (tertiary/aromatic N) is 2. The quantitative estimate of drug-likeness (QED) is 0.633. The van der Waals surface area contributed by atoms with E-state index in [-0.39, 0.29) is 21.7 Å². The first-order valence-electron chi connectivity index (χ1n) is 9.29. The molecule has 3 aromatic rings. The van der Waals surface area contributed by atoms with Gasteiger partial charge in [-0.1, -0.05) is 29.8 Å². The number of methoxy groups -OCH3 is 1. The highest BCUT2D eigenvalue weighted by Crippen LogP contribution is 2.37. The number of rotatable bonds is 5. The maximum Gasteiger partial charge on any atom is 0.236 e. The van der Waals surface area contributed by atoms with Crippen molar-refractivity contribution in [2.24, 2.45) is 0 Å². The van der Waals surface area contributed by atoms with E-state index in [9.17, 15) is 8.42 Å². The van der Waals surface area contributed by atoms with Gasteiger partial charge < -0.3 is 18.8 Å². The van der Waals surface area contributed by atoms with E-state index in [1.807, 2.05) is 24.0 Å². The molecule has 152 valence electrons. The van der Waals surface area contributed by atoms with Gasteiger partial charge in [-0.2, -0.15) is 4.98 Å². The van der Waals surface area contributed by atoms with Crippen molar-refractivity contribution < 1.29 is 22.3 Å². The van der Waals surface area contributed by atoms with E-state index < -0.39 is 9.84 Å². The molecule has 0 amide bonds. The first-order chi connectivity index (χ1) is 14.0. The Morgan fingerprint density at radius 2 is 1.72 bits per heavy atom. The normalized spacial score (nSPS) is 14.8. The lowest BCUT2D eigenvalue weighted by Gasteiger charge is -2.26. The summed E-state index contributed by atoms with van der Waals surface area (Å²) in [5, 5.41) is -0.0934. The molecule has 1 aliphatic heterocycles. The van der Waals surface area contributed by atoms with E-state index >= 15 is 0 Å². The zero-order valence-corrected chi connectivity index (χ0v) is 17.1. The van der Waals surface area contributed by atoms with Crippen molar-refractivity contribution in [1.29, 1.82) is 0 Å². The molecule has 2 aromatic carbocycles. The van der Waals surface area contributed by atoms with Crippen LogP contribution in [0, 0.1) is 6.92 Å². The van der Waals surface area contributed by atoms with Crippen molar-refractivity contribution in [3.63, 3.8) is 0 Å². The van der Waals surface area contributed by atoms with E-state index in [0.717, 1.165) is 5.56 Å². The van der Waals surface area contributed by atoms with Crippen molar-refractivity contribution >= 4 is 15.7 Å². The van der Waals surface area contributed by atoms with Crippen LogP contribution in [0.1, 0.15) is 5.56 Å². The summed E-state index contributed by atoms with van der Waals surface area (Å²) in [6.07, 6.45) is 0. The molecule has 0 atom stereocenters. The smallest absolute Gasteiger partial charge is 0.236 e. The second-order valence-electron chi connectivity index (χ2n) is 6.75. The Kier molecular flexibility index (Phi) is 5.29. The van der Waals surface area contributed by atoms with Crippen LogP contribution in [0.4, 0.5) is 5.88 Å². The number of sulfone groups is 1. The number of aromatic nitrogens is 1. The fourth-order valence-corrected chi connectivity index (χ4v) is 4.53. The Balaban J connectivity index is 1.87. The summed E-state index contributed by atoms with van der Waals surface area (Å²) in [5.41, 5.74) is 1.57. The maximum atomic E-state index is 13.4. The van der Waals surface area contributed by atoms with Gasteiger partial charge in [0.15, 0.2) is 0 Å². The van der Waals surface area contributed by atoms with Crippen molar-refractivity contribution in [3.8, 4) is 17.2 Å². The third-order valence-corrected chi connectivity index (χ3v) is 6.47. The van der Waals surface area contributed by atoms with Gasteiger partial charge >= 0.3 is 0 Å². The number of ether oxygens (including phenoxy) is 2. The fraction of sp³-hybridized carbons (Fsp3) is 0.286. The molecule has 7 nitrogen and oxygen atoms in total. The molecule has 0 radical (unpaired) electrons. The molecule has 1 aliphatic rings. The van der Waals surface area contributed by atoms with Crippen molar-refractivity contribution in [1.82, 2.24) is 4.98 Å². The summed E-state index contributed by atoms with van der Waals surface area (Å²) in [4.78, 5) is 6.45. The predicted molar refractivity (Wildman–Crippen MR) is 108 cm³/mol. The first-order valence-corrected chi connectivity index (χ1v) is 10.8. The van der Waals surface area contributed by atoms with Crippen molar-refractivity contribution in [3.05, 3.63) is 54.1 Å². The summed E-state index contributed by atoms with van der Waals surface area (Å²) in [5.74, 6) is 0.992. The van der Waals surface area contributed by atoms with Crippen LogP contribution in [0.5, 0.6) is 5.75 Å². The molecular formula is C21H22N2O5S. The molecule has 4 rings (SSSR count). The Morgan fingerprint density at radius 1 is 1.03 bits per heavy atom. The third kappa shape index (κ3) is 3.73. The van der Waals surface area contributed by atoms with Gasteiger partial charge in [0.25, 0.3) is 0 Å². The average molecular weight is 414 g/mol. The second-order valence-corrected chi connectivity index (χ2v) is 8.61. The van der Waals surface area contributed by atoms with Gasteiger partial charge in [-0.15, -0.1) is 0 Å². The van der Waals surface area contributed by atoms with Crippen LogP contribution in [-0.4, -0.2) is 46.8 Å². The number of hydrogen-bond donors (Lipinski definition) is 0. The third-order valence-electron chi connectivity index (χ3n) is 4.80. The zero-order valence-electron chi connectivity index (χ0n) is 16.3. The highest BCUT2D eigenvalue weighted by atomic mass is 32.2. The molecule has 1 saturated heterocycles. The van der Waals surface area contributed by atoms with Gasteiger partial charge in [-0.3, -0.25) is 0 Å². The standard InChI is InChI=1S/C21H22N2O5S/c1-15-7-9-16(10-8-15)29(24,25)20-21(23-11-13-27-14-12-23)28-19(22-20)17-5-3-4-6-18(17)26-2/h3-10H,11-14H2,1-2H3. The number of morpholine rings is 1. The summed E-state index contributed by atoms with van der Waals surface area (Å²) >= 11 is 0. The van der Waals surface area contributed by atoms with Crippen LogP contribution < -0.4 is 9.64 Å². The van der Waals surface area contributed by atoms with Crippen LogP contribution in [0.2, 0.25) is 0 Å². The number of anilines is 1. The summed E-state index contributed by atoms with van der Waals surface area (Å²) in [6.45, 7) is 3.95. The van der Waals surface area contributed by atoms with Crippen LogP contribution in [0.25, 0.3) is 11.5 Å². The van der Waals surface area contributed by atoms with E-state index in [2.05, 4.69) is 4.98 Å². The van der Waals surface area contributed by atoms with Crippen LogP contribution >= 0.6 is 0 Å². The molecule has 1 fully saturated rings. The summed E-state index contributed by atoms with van der Waals surface area (Å²) < 4.78 is 43.6. The highest BCUT2D eigenvalue weighted by Gasteiger charge is 2.32. The molecule has 8 heteroatoms. The number of benzene rings is 2. The van der Waals surface area contributed by atoms with E-state index in [4.69, 9.17) is 13.9 Å². The van der Waals surface area contributed by atoms with Gasteiger partial charge in [-0.25, -0.2) is 8.42 Å². The minimum Gasteiger partial charge on any atom is -0.496 e. The number of hydrogen-bond acceptors (Lipinski definition) is 7. The Morgan fingerprint density at radius 3 is 2.41 bits per heavy atom. The number of para-hydroxylation sites is 1. The fourth-order valence-electron chi connectivity index (χ4n) is 3.20. The average Bonchev–Trinajstić information content (AvgIpc) is 3.21. The minimum absolute atomic E-state index is 0.0934. The highest BCUT2D eigenvalue weighted by molar-refractivity contribution is 7.91. The molecule has 0 unspecified atom stereocenters. The lowest BCUT2D eigenvalue weighted by Crippen LogP contribution is -2.36. The van der Waals surface area contributed by atoms with Crippen LogP contribution in [0.15, 0.2) is 62.9 Å². The van der Waals surface area contributed by atoms with Gasteiger partial charge in [0.05, 0.1) is 30.8 Å². The molecular weight excluding hydrogens is 392 g/mol. The molecule has 2 heterocycles. The Labute approximate surface area is 169 Å². The van der Waals surface area contributed by atoms with E-state index in [0.29, 0.717) is 37.6 Å². The number of aryl methyl sites for hydroxylation is 1. The largest absolute Gasteiger partial charge is 0.496 e. The van der Waals surface area contributed by atoms with Crippen molar-refractivity contribution in [2.45, 2.75) is 16.8 Å². The first kappa shape index (κ1) is 19.5. The van der Waals surface area contributed by atoms with E-state index in [1.54, 1.807) is 43.5 Å². The maximum absolute atomic E-state index is 13.4. The predicted octanol–water partition coefficient (Wildman–Crippen LogP) is 3.33. The van der Waals surface area contributed by atoms with E-state index in [1.165, 1.54) is 0 Å². The van der Waals surface area contributed by atoms with Crippen molar-refractivity contribution in [2.75, 3.05) is 38.3 Å². The SMILES string of the molecule is COc1ccccc1-c1nc(S(=O)(=O)c2ccc(C)cc2)c(N2CCOCC2)o1. The van der Waals surface area contributed by atoms with Gasteiger partial charge in [-0.05, 0) is 31.2 Å². The molecule has 29 heavy (non-hydrogen) atoms. The van der Waals surface area contributed by atoms with Crippen LogP contribution in [-0.2, 0) is 14.6 Å². The summed E-state index contributed by atoms with van der Waals surface area (Å²) in [6, 6.07) is 13.9. The van der Waals surface area contributed by atoms with Gasteiger partial charge in [0.2, 0.25) is 26.6 Å². The molecule has 0 spiro atoms. The van der Waals surface area contributed by atoms with Gasteiger partial charge in [0, 0.05) is 13.1 Å². The Hall–Kier alpha value is -2.84. The molecule has 0 N–H and O–H groups in total. The van der Waals surface area contributed by atoms with Crippen LogP contribution in [0.3, 0.4) is 0 Å². The molecule has 0 aliphatic carbocycles. The molecule has 0 saturated carbocycles. The Bertz CT molecular complexity index is 1100. The minimum atomic E-state index is -3.87. The van der Waals surface area contributed by atoms with Gasteiger partial charge in [0.1, 0.15) is 5.75 Å². The topological polar surface area (TPSA) is 81.9 Å². The zero-order chi connectivity index (χ0) is 20.4. The molecule has 0 bridgehead atoms. The second kappa shape index (κ2) is 7.88. The molecule has 1 aromatic heterocycles. The lowest BCUT2D eigenvalue weighted by molar-refractivity contribution is 0.120. The monoisotopic (exact) mass is 414 g/mol. The number of oxazole rings is 1. The lowest BCUT2D eigenvalue weighted by atomic mass is 10.2. The summed E-state index contributed by atoms with van der Waals surface area (Å²) in [7, 11) is -2.32.